The molecule has 3 nitrogen and oxygen atoms in total. The largest absolute Gasteiger partial charge is 0.340 e. The van der Waals surface area contributed by atoms with Crippen LogP contribution in [0.25, 0.3) is 0 Å². The predicted octanol–water partition coefficient (Wildman–Crippen LogP) is 0.951. The van der Waals surface area contributed by atoms with Gasteiger partial charge in [-0.3, -0.25) is 4.79 Å². The molecule has 2 rings (SSSR count). The second-order valence-electron chi connectivity index (χ2n) is 5.19. The molecule has 0 radical (unpaired) electrons. The summed E-state index contributed by atoms with van der Waals surface area (Å²) >= 11 is 0. The Labute approximate surface area is 86.1 Å². The Hall–Kier alpha value is -0.570. The van der Waals surface area contributed by atoms with Crippen LogP contribution in [0, 0.1) is 5.41 Å². The third-order valence-corrected chi connectivity index (χ3v) is 3.52. The minimum Gasteiger partial charge on any atom is -0.340 e. The van der Waals surface area contributed by atoms with Crippen LogP contribution in [-0.2, 0) is 4.79 Å². The van der Waals surface area contributed by atoms with E-state index in [2.05, 4.69) is 0 Å². The van der Waals surface area contributed by atoms with Crippen molar-refractivity contribution in [2.24, 2.45) is 5.41 Å². The predicted molar refractivity (Wildman–Crippen MR) is 56.0 cm³/mol. The number of rotatable bonds is 2. The first-order chi connectivity index (χ1) is 6.61. The number of nitrogens with zero attached hydrogens (tertiary/aromatic N) is 2. The highest BCUT2D eigenvalue weighted by Gasteiger charge is 2.46. The number of hydrogen-bond donors (Lipinski definition) is 0. The third kappa shape index (κ3) is 1.78. The van der Waals surface area contributed by atoms with Gasteiger partial charge in [-0.1, -0.05) is 12.8 Å². The van der Waals surface area contributed by atoms with E-state index in [0.717, 1.165) is 13.1 Å². The van der Waals surface area contributed by atoms with Gasteiger partial charge in [0, 0.05) is 18.5 Å². The van der Waals surface area contributed by atoms with Crippen LogP contribution in [0.15, 0.2) is 0 Å². The van der Waals surface area contributed by atoms with Crippen LogP contribution in [0.1, 0.15) is 25.7 Å². The number of likely N-dealkylation sites (N-methyl/N-ethyl adjacent to an activating group) is 1. The molecule has 2 fully saturated rings. The Bertz CT molecular complexity index is 223. The molecule has 0 unspecified atom stereocenters. The van der Waals surface area contributed by atoms with Gasteiger partial charge >= 0.3 is 0 Å². The SMILES string of the molecule is CN(C)CC(=O)N1CC2(CCCC2)C1. The normalized spacial score (nSPS) is 24.4. The zero-order valence-corrected chi connectivity index (χ0v) is 9.25. The molecule has 0 aromatic carbocycles. The van der Waals surface area contributed by atoms with Gasteiger partial charge in [-0.05, 0) is 26.9 Å². The average Bonchev–Trinajstić information content (AvgIpc) is 2.47. The van der Waals surface area contributed by atoms with Gasteiger partial charge in [0.05, 0.1) is 6.54 Å². The molecule has 1 heterocycles. The van der Waals surface area contributed by atoms with E-state index in [4.69, 9.17) is 0 Å². The first-order valence-electron chi connectivity index (χ1n) is 5.54. The second kappa shape index (κ2) is 3.54. The van der Waals surface area contributed by atoms with Gasteiger partial charge in [0.15, 0.2) is 0 Å². The molecular formula is C11H20N2O. The van der Waals surface area contributed by atoms with Crippen LogP contribution in [0.3, 0.4) is 0 Å². The Morgan fingerprint density at radius 2 is 1.86 bits per heavy atom. The Morgan fingerprint density at radius 1 is 1.29 bits per heavy atom. The topological polar surface area (TPSA) is 23.6 Å². The maximum atomic E-state index is 11.7. The number of carbonyl (C=O) groups is 1. The van der Waals surface area contributed by atoms with E-state index >= 15 is 0 Å². The number of likely N-dealkylation sites (tertiary alicyclic amines) is 1. The van der Waals surface area contributed by atoms with Crippen LogP contribution in [0.5, 0.6) is 0 Å². The minimum atomic E-state index is 0.299. The molecule has 0 bridgehead atoms. The summed E-state index contributed by atoms with van der Waals surface area (Å²) in [5, 5.41) is 0. The molecule has 0 N–H and O–H groups in total. The maximum absolute atomic E-state index is 11.7. The molecule has 0 atom stereocenters. The molecule has 3 heteroatoms. The van der Waals surface area contributed by atoms with Gasteiger partial charge in [0.2, 0.25) is 5.91 Å². The van der Waals surface area contributed by atoms with Crippen molar-refractivity contribution >= 4 is 5.91 Å². The van der Waals surface area contributed by atoms with Crippen molar-refractivity contribution in [2.75, 3.05) is 33.7 Å². The van der Waals surface area contributed by atoms with E-state index in [0.29, 0.717) is 17.9 Å². The molecule has 80 valence electrons. The van der Waals surface area contributed by atoms with Crippen LogP contribution in [0.4, 0.5) is 0 Å². The van der Waals surface area contributed by atoms with Crippen molar-refractivity contribution in [3.05, 3.63) is 0 Å². The van der Waals surface area contributed by atoms with Crippen molar-refractivity contribution in [1.29, 1.82) is 0 Å². The summed E-state index contributed by atoms with van der Waals surface area (Å²) in [6.07, 6.45) is 5.43. The standard InChI is InChI=1S/C11H20N2O/c1-12(2)7-10(14)13-8-11(9-13)5-3-4-6-11/h3-9H2,1-2H3. The molecule has 1 spiro atoms. The zero-order chi connectivity index (χ0) is 10.2. The lowest BCUT2D eigenvalue weighted by Crippen LogP contribution is -2.58. The third-order valence-electron chi connectivity index (χ3n) is 3.52. The summed E-state index contributed by atoms with van der Waals surface area (Å²) in [7, 11) is 3.89. The van der Waals surface area contributed by atoms with E-state index in [-0.39, 0.29) is 0 Å². The van der Waals surface area contributed by atoms with Gasteiger partial charge in [-0.15, -0.1) is 0 Å². The quantitative estimate of drug-likeness (QED) is 0.656. The smallest absolute Gasteiger partial charge is 0.236 e. The Balaban J connectivity index is 1.79. The lowest BCUT2D eigenvalue weighted by atomic mass is 9.78. The van der Waals surface area contributed by atoms with E-state index in [1.54, 1.807) is 0 Å². The summed E-state index contributed by atoms with van der Waals surface area (Å²) in [6, 6.07) is 0. The molecule has 14 heavy (non-hydrogen) atoms. The second-order valence-corrected chi connectivity index (χ2v) is 5.19. The highest BCUT2D eigenvalue weighted by atomic mass is 16.2. The summed E-state index contributed by atoms with van der Waals surface area (Å²) in [5.41, 5.74) is 0.544. The molecule has 2 aliphatic rings. The summed E-state index contributed by atoms with van der Waals surface area (Å²) in [4.78, 5) is 15.6. The van der Waals surface area contributed by atoms with Crippen LogP contribution in [-0.4, -0.2) is 49.4 Å². The maximum Gasteiger partial charge on any atom is 0.236 e. The van der Waals surface area contributed by atoms with Crippen LogP contribution < -0.4 is 0 Å². The first-order valence-corrected chi connectivity index (χ1v) is 5.54. The fourth-order valence-corrected chi connectivity index (χ4v) is 2.75. The van der Waals surface area contributed by atoms with Crippen molar-refractivity contribution in [2.45, 2.75) is 25.7 Å². The van der Waals surface area contributed by atoms with Crippen molar-refractivity contribution in [3.63, 3.8) is 0 Å². The Morgan fingerprint density at radius 3 is 2.36 bits per heavy atom. The molecule has 1 amide bonds. The molecular weight excluding hydrogens is 176 g/mol. The van der Waals surface area contributed by atoms with E-state index in [9.17, 15) is 4.79 Å². The lowest BCUT2D eigenvalue weighted by molar-refractivity contribution is -0.143. The molecule has 1 saturated carbocycles. The molecule has 0 aromatic rings. The first kappa shape index (κ1) is 9.97. The van der Waals surface area contributed by atoms with Gasteiger partial charge in [-0.2, -0.15) is 0 Å². The van der Waals surface area contributed by atoms with E-state index in [1.165, 1.54) is 25.7 Å². The number of amides is 1. The fraction of sp³-hybridized carbons (Fsp3) is 0.909. The van der Waals surface area contributed by atoms with Crippen molar-refractivity contribution < 1.29 is 4.79 Å². The summed E-state index contributed by atoms with van der Waals surface area (Å²) < 4.78 is 0. The molecule has 1 aliphatic heterocycles. The van der Waals surface area contributed by atoms with E-state index in [1.807, 2.05) is 23.9 Å². The van der Waals surface area contributed by atoms with Crippen molar-refractivity contribution in [1.82, 2.24) is 9.80 Å². The summed E-state index contributed by atoms with van der Waals surface area (Å²) in [6.45, 7) is 2.62. The number of hydrogen-bond acceptors (Lipinski definition) is 2. The molecule has 1 saturated heterocycles. The van der Waals surface area contributed by atoms with Gasteiger partial charge in [-0.25, -0.2) is 0 Å². The summed E-state index contributed by atoms with van der Waals surface area (Å²) in [5.74, 6) is 0.299. The van der Waals surface area contributed by atoms with E-state index < -0.39 is 0 Å². The fourth-order valence-electron chi connectivity index (χ4n) is 2.75. The highest BCUT2D eigenvalue weighted by molar-refractivity contribution is 5.79. The molecule has 1 aliphatic carbocycles. The van der Waals surface area contributed by atoms with Gasteiger partial charge in [0.25, 0.3) is 0 Å². The van der Waals surface area contributed by atoms with Crippen LogP contribution >= 0.6 is 0 Å². The minimum absolute atomic E-state index is 0.299. The van der Waals surface area contributed by atoms with Crippen LogP contribution in [0.2, 0.25) is 0 Å². The van der Waals surface area contributed by atoms with Gasteiger partial charge < -0.3 is 9.80 Å². The van der Waals surface area contributed by atoms with Gasteiger partial charge in [0.1, 0.15) is 0 Å². The monoisotopic (exact) mass is 196 g/mol. The average molecular weight is 196 g/mol. The molecule has 0 aromatic heterocycles. The highest BCUT2D eigenvalue weighted by Crippen LogP contribution is 2.45. The lowest BCUT2D eigenvalue weighted by Gasteiger charge is -2.48. The Kier molecular flexibility index (Phi) is 2.52. The number of carbonyl (C=O) groups excluding carboxylic acids is 1. The van der Waals surface area contributed by atoms with Crippen molar-refractivity contribution in [3.8, 4) is 0 Å². The zero-order valence-electron chi connectivity index (χ0n) is 9.25.